The smallest absolute Gasteiger partial charge is 0.218 e. The van der Waals surface area contributed by atoms with E-state index in [0.29, 0.717) is 19.0 Å². The van der Waals surface area contributed by atoms with Crippen molar-refractivity contribution >= 4 is 10.0 Å². The molecule has 0 bridgehead atoms. The highest BCUT2D eigenvalue weighted by Gasteiger charge is 2.38. The van der Waals surface area contributed by atoms with Crippen LogP contribution in [0.1, 0.15) is 39.5 Å². The summed E-state index contributed by atoms with van der Waals surface area (Å²) in [6.45, 7) is 6.48. The van der Waals surface area contributed by atoms with Gasteiger partial charge in [0.05, 0.1) is 5.25 Å². The summed E-state index contributed by atoms with van der Waals surface area (Å²) in [5, 5.41) is 3.00. The fraction of sp³-hybridized carbons (Fsp3) is 1.00. The third-order valence-electron chi connectivity index (χ3n) is 4.06. The van der Waals surface area contributed by atoms with Gasteiger partial charge in [0.1, 0.15) is 0 Å². The predicted octanol–water partition coefficient (Wildman–Crippen LogP) is 1.19. The highest BCUT2D eigenvalue weighted by molar-refractivity contribution is 7.89. The lowest BCUT2D eigenvalue weighted by molar-refractivity contribution is 0.214. The van der Waals surface area contributed by atoms with Crippen molar-refractivity contribution in [2.45, 2.75) is 50.8 Å². The quantitative estimate of drug-likeness (QED) is 0.811. The number of nitrogens with zero attached hydrogens (tertiary/aromatic N) is 1. The van der Waals surface area contributed by atoms with Gasteiger partial charge in [-0.05, 0) is 45.1 Å². The lowest BCUT2D eigenvalue weighted by atomic mass is 9.97. The molecule has 0 spiro atoms. The van der Waals surface area contributed by atoms with Crippen LogP contribution in [-0.4, -0.2) is 43.6 Å². The van der Waals surface area contributed by atoms with Crippen LogP contribution in [-0.2, 0) is 10.0 Å². The van der Waals surface area contributed by atoms with Crippen molar-refractivity contribution in [2.24, 2.45) is 5.92 Å². The normalized spacial score (nSPS) is 36.9. The molecule has 0 amide bonds. The average molecular weight is 260 g/mol. The van der Waals surface area contributed by atoms with E-state index in [4.69, 9.17) is 0 Å². The first-order chi connectivity index (χ1) is 8.01. The zero-order chi connectivity index (χ0) is 12.5. The molecule has 4 nitrogen and oxygen atoms in total. The lowest BCUT2D eigenvalue weighted by Gasteiger charge is -2.38. The van der Waals surface area contributed by atoms with E-state index in [-0.39, 0.29) is 11.3 Å². The molecular weight excluding hydrogens is 236 g/mol. The molecule has 2 aliphatic rings. The molecule has 0 aromatic carbocycles. The molecule has 0 aromatic heterocycles. The first-order valence-electron chi connectivity index (χ1n) is 6.73. The highest BCUT2D eigenvalue weighted by atomic mass is 32.2. The maximum Gasteiger partial charge on any atom is 0.218 e. The Balaban J connectivity index is 2.12. The summed E-state index contributed by atoms with van der Waals surface area (Å²) in [4.78, 5) is 0. The molecule has 2 heterocycles. The molecule has 2 rings (SSSR count). The topological polar surface area (TPSA) is 49.4 Å². The molecule has 3 atom stereocenters. The number of hydrogen-bond acceptors (Lipinski definition) is 3. The molecule has 0 saturated carbocycles. The summed E-state index contributed by atoms with van der Waals surface area (Å²) in [5.41, 5.74) is 0. The van der Waals surface area contributed by atoms with Crippen LogP contribution in [0.15, 0.2) is 0 Å². The van der Waals surface area contributed by atoms with Gasteiger partial charge in [0.15, 0.2) is 0 Å². The molecule has 5 heteroatoms. The zero-order valence-electron chi connectivity index (χ0n) is 10.9. The fourth-order valence-corrected chi connectivity index (χ4v) is 5.11. The zero-order valence-corrected chi connectivity index (χ0v) is 11.7. The van der Waals surface area contributed by atoms with Crippen molar-refractivity contribution in [3.8, 4) is 0 Å². The van der Waals surface area contributed by atoms with E-state index in [2.05, 4.69) is 12.2 Å². The molecule has 0 aromatic rings. The Hall–Kier alpha value is -0.130. The third kappa shape index (κ3) is 2.83. The van der Waals surface area contributed by atoms with E-state index < -0.39 is 10.0 Å². The van der Waals surface area contributed by atoms with E-state index in [9.17, 15) is 8.42 Å². The van der Waals surface area contributed by atoms with E-state index in [1.165, 1.54) is 0 Å². The van der Waals surface area contributed by atoms with Crippen LogP contribution < -0.4 is 5.32 Å². The molecule has 1 N–H and O–H groups in total. The van der Waals surface area contributed by atoms with Crippen LogP contribution in [0, 0.1) is 5.92 Å². The first-order valence-corrected chi connectivity index (χ1v) is 8.23. The van der Waals surface area contributed by atoms with Crippen molar-refractivity contribution in [3.63, 3.8) is 0 Å². The van der Waals surface area contributed by atoms with E-state index in [0.717, 1.165) is 32.2 Å². The van der Waals surface area contributed by atoms with Crippen molar-refractivity contribution in [1.29, 1.82) is 0 Å². The van der Waals surface area contributed by atoms with Gasteiger partial charge in [-0.1, -0.05) is 6.92 Å². The molecule has 3 unspecified atom stereocenters. The minimum atomic E-state index is -3.10. The number of piperidine rings is 2. The lowest BCUT2D eigenvalue weighted by Crippen LogP contribution is -2.52. The minimum Gasteiger partial charge on any atom is -0.315 e. The second-order valence-electron chi connectivity index (χ2n) is 5.61. The van der Waals surface area contributed by atoms with Gasteiger partial charge in [-0.25, -0.2) is 8.42 Å². The molecular formula is C12H24N2O2S. The summed E-state index contributed by atoms with van der Waals surface area (Å²) < 4.78 is 26.9. The maximum absolute atomic E-state index is 12.6. The van der Waals surface area contributed by atoms with Crippen LogP contribution in [0.5, 0.6) is 0 Å². The monoisotopic (exact) mass is 260 g/mol. The Kier molecular flexibility index (Phi) is 4.10. The molecule has 2 saturated heterocycles. The Labute approximate surface area is 105 Å². The number of sulfonamides is 1. The van der Waals surface area contributed by atoms with Gasteiger partial charge >= 0.3 is 0 Å². The van der Waals surface area contributed by atoms with Crippen LogP contribution in [0.25, 0.3) is 0 Å². The summed E-state index contributed by atoms with van der Waals surface area (Å²) in [6.07, 6.45) is 3.94. The fourth-order valence-electron chi connectivity index (χ4n) is 2.87. The second kappa shape index (κ2) is 5.24. The summed E-state index contributed by atoms with van der Waals surface area (Å²) in [5.74, 6) is 0.498. The Morgan fingerprint density at radius 1 is 1.18 bits per heavy atom. The van der Waals surface area contributed by atoms with Crippen molar-refractivity contribution in [3.05, 3.63) is 0 Å². The van der Waals surface area contributed by atoms with Crippen molar-refractivity contribution in [2.75, 3.05) is 19.6 Å². The third-order valence-corrected chi connectivity index (χ3v) is 6.47. The van der Waals surface area contributed by atoms with Gasteiger partial charge in [-0.15, -0.1) is 0 Å². The minimum absolute atomic E-state index is 0.179. The molecule has 0 aliphatic carbocycles. The van der Waals surface area contributed by atoms with Crippen LogP contribution in [0.3, 0.4) is 0 Å². The van der Waals surface area contributed by atoms with E-state index in [1.807, 2.05) is 6.92 Å². The Morgan fingerprint density at radius 3 is 2.59 bits per heavy atom. The SMILES string of the molecule is CC1CCC(C)N(S(=O)(=O)C2CCCNC2)C1. The summed E-state index contributed by atoms with van der Waals surface area (Å²) in [6, 6.07) is 0.179. The van der Waals surface area contributed by atoms with E-state index >= 15 is 0 Å². The van der Waals surface area contributed by atoms with Gasteiger partial charge in [0.25, 0.3) is 0 Å². The van der Waals surface area contributed by atoms with Crippen molar-refractivity contribution in [1.82, 2.24) is 9.62 Å². The first kappa shape index (κ1) is 13.3. The molecule has 0 radical (unpaired) electrons. The van der Waals surface area contributed by atoms with Crippen molar-refractivity contribution < 1.29 is 8.42 Å². The van der Waals surface area contributed by atoms with Crippen LogP contribution in [0.4, 0.5) is 0 Å². The molecule has 17 heavy (non-hydrogen) atoms. The summed E-state index contributed by atoms with van der Waals surface area (Å²) >= 11 is 0. The van der Waals surface area contributed by atoms with Gasteiger partial charge < -0.3 is 5.32 Å². The average Bonchev–Trinajstić information content (AvgIpc) is 2.33. The summed E-state index contributed by atoms with van der Waals surface area (Å²) in [7, 11) is -3.10. The number of nitrogens with one attached hydrogen (secondary N) is 1. The Bertz CT molecular complexity index is 350. The number of hydrogen-bond donors (Lipinski definition) is 1. The molecule has 2 fully saturated rings. The van der Waals surface area contributed by atoms with Crippen LogP contribution >= 0.6 is 0 Å². The van der Waals surface area contributed by atoms with E-state index in [1.54, 1.807) is 4.31 Å². The van der Waals surface area contributed by atoms with Gasteiger partial charge in [-0.2, -0.15) is 4.31 Å². The van der Waals surface area contributed by atoms with Gasteiger partial charge in [0, 0.05) is 19.1 Å². The standard InChI is InChI=1S/C12H24N2O2S/c1-10-5-6-11(2)14(9-10)17(15,16)12-4-3-7-13-8-12/h10-13H,3-9H2,1-2H3. The molecule has 2 aliphatic heterocycles. The van der Waals surface area contributed by atoms with Gasteiger partial charge in [-0.3, -0.25) is 0 Å². The largest absolute Gasteiger partial charge is 0.315 e. The second-order valence-corrected chi connectivity index (χ2v) is 7.78. The maximum atomic E-state index is 12.6. The Morgan fingerprint density at radius 2 is 1.94 bits per heavy atom. The predicted molar refractivity (Wildman–Crippen MR) is 69.4 cm³/mol. The number of rotatable bonds is 2. The highest BCUT2D eigenvalue weighted by Crippen LogP contribution is 2.27. The molecule has 100 valence electrons. The van der Waals surface area contributed by atoms with Crippen LogP contribution in [0.2, 0.25) is 0 Å². The van der Waals surface area contributed by atoms with Gasteiger partial charge in [0.2, 0.25) is 10.0 Å².